The molecule has 0 aromatic heterocycles. The number of esters is 1. The van der Waals surface area contributed by atoms with Gasteiger partial charge in [-0.3, -0.25) is 0 Å². The van der Waals surface area contributed by atoms with Gasteiger partial charge in [-0.25, -0.2) is 4.79 Å². The molecule has 0 radical (unpaired) electrons. The number of morpholine rings is 1. The van der Waals surface area contributed by atoms with Gasteiger partial charge in [0.1, 0.15) is 13.1 Å². The summed E-state index contributed by atoms with van der Waals surface area (Å²) >= 11 is 0. The molecule has 0 saturated carbocycles. The number of hydrogen-bond acceptors (Lipinski definition) is 3. The number of carbonyl (C=O) groups excluding carboxylic acids is 1. The van der Waals surface area contributed by atoms with E-state index < -0.39 is 0 Å². The molecule has 14 heavy (non-hydrogen) atoms. The van der Waals surface area contributed by atoms with Gasteiger partial charge < -0.3 is 30.9 Å². The molecule has 0 N–H and O–H groups in total. The molecule has 0 amide bonds. The third kappa shape index (κ3) is 4.39. The van der Waals surface area contributed by atoms with Gasteiger partial charge in [-0.15, -0.1) is 0 Å². The van der Waals surface area contributed by atoms with E-state index in [1.807, 2.05) is 6.92 Å². The molecule has 0 atom stereocenters. The summed E-state index contributed by atoms with van der Waals surface area (Å²) in [6, 6.07) is 0. The number of rotatable bonds is 3. The van der Waals surface area contributed by atoms with Crippen molar-refractivity contribution in [3.8, 4) is 0 Å². The Balaban J connectivity index is 0.00000169. The number of hydrogen-bond donors (Lipinski definition) is 0. The molecule has 4 nitrogen and oxygen atoms in total. The summed E-state index contributed by atoms with van der Waals surface area (Å²) in [6.07, 6.45) is 0. The molecule has 84 valence electrons. The van der Waals surface area contributed by atoms with E-state index in [4.69, 9.17) is 9.47 Å². The van der Waals surface area contributed by atoms with Crippen LogP contribution in [0.25, 0.3) is 0 Å². The number of nitrogens with zero attached hydrogens (tertiary/aromatic N) is 1. The minimum Gasteiger partial charge on any atom is -1.00 e. The van der Waals surface area contributed by atoms with Crippen molar-refractivity contribution in [3.05, 3.63) is 0 Å². The van der Waals surface area contributed by atoms with E-state index in [1.54, 1.807) is 0 Å². The maximum Gasteiger partial charge on any atom is 0.361 e. The molecule has 0 aliphatic carbocycles. The van der Waals surface area contributed by atoms with Crippen LogP contribution in [0, 0.1) is 0 Å². The summed E-state index contributed by atoms with van der Waals surface area (Å²) < 4.78 is 10.9. The Labute approximate surface area is 95.5 Å². The molecule has 0 spiro atoms. The molecule has 0 aromatic carbocycles. The Kier molecular flexibility index (Phi) is 6.31. The molecule has 0 bridgehead atoms. The number of carbonyl (C=O) groups is 1. The Morgan fingerprint density at radius 3 is 2.50 bits per heavy atom. The second kappa shape index (κ2) is 6.37. The van der Waals surface area contributed by atoms with Crippen molar-refractivity contribution in [1.29, 1.82) is 0 Å². The average Bonchev–Trinajstić information content (AvgIpc) is 2.04. The number of quaternary nitrogens is 1. The minimum absolute atomic E-state index is 0. The summed E-state index contributed by atoms with van der Waals surface area (Å²) in [7, 11) is 2.07. The highest BCUT2D eigenvalue weighted by atomic mass is 79.9. The van der Waals surface area contributed by atoms with E-state index in [1.165, 1.54) is 0 Å². The van der Waals surface area contributed by atoms with Gasteiger partial charge in [0.05, 0.1) is 26.9 Å². The lowest BCUT2D eigenvalue weighted by atomic mass is 10.3. The first-order valence-electron chi connectivity index (χ1n) is 4.73. The van der Waals surface area contributed by atoms with E-state index in [2.05, 4.69) is 7.05 Å². The lowest BCUT2D eigenvalue weighted by Crippen LogP contribution is -3.00. The Morgan fingerprint density at radius 1 is 1.43 bits per heavy atom. The summed E-state index contributed by atoms with van der Waals surface area (Å²) in [4.78, 5) is 11.2. The second-order valence-corrected chi connectivity index (χ2v) is 3.64. The molecule has 1 saturated heterocycles. The highest BCUT2D eigenvalue weighted by Gasteiger charge is 2.28. The van der Waals surface area contributed by atoms with Crippen LogP contribution < -0.4 is 17.0 Å². The Morgan fingerprint density at radius 2 is 2.00 bits per heavy atom. The van der Waals surface area contributed by atoms with E-state index in [9.17, 15) is 4.79 Å². The van der Waals surface area contributed by atoms with Crippen LogP contribution in [-0.4, -0.2) is 57.0 Å². The van der Waals surface area contributed by atoms with E-state index in [0.717, 1.165) is 30.8 Å². The lowest BCUT2D eigenvalue weighted by molar-refractivity contribution is -0.910. The van der Waals surface area contributed by atoms with Gasteiger partial charge in [-0.05, 0) is 6.92 Å². The maximum absolute atomic E-state index is 11.2. The fourth-order valence-electron chi connectivity index (χ4n) is 1.46. The van der Waals surface area contributed by atoms with E-state index >= 15 is 0 Å². The topological polar surface area (TPSA) is 35.5 Å². The number of halogens is 1. The Bertz CT molecular complexity index is 181. The standard InChI is InChI=1S/C9H18NO3.BrH/c1-3-13-9(11)8-10(2)4-6-12-7-5-10;/h3-8H2,1-2H3;1H/q+1;/p-1. The predicted molar refractivity (Wildman–Crippen MR) is 48.2 cm³/mol. The van der Waals surface area contributed by atoms with Gasteiger partial charge >= 0.3 is 5.97 Å². The molecule has 1 fully saturated rings. The third-order valence-electron chi connectivity index (χ3n) is 2.37. The van der Waals surface area contributed by atoms with Crippen molar-refractivity contribution in [2.45, 2.75) is 6.92 Å². The fraction of sp³-hybridized carbons (Fsp3) is 0.889. The first kappa shape index (κ1) is 13.9. The maximum atomic E-state index is 11.2. The van der Waals surface area contributed by atoms with Crippen LogP contribution in [0.1, 0.15) is 6.92 Å². The quantitative estimate of drug-likeness (QED) is 0.405. The SMILES string of the molecule is CCOC(=O)C[N+]1(C)CCOCC1.[Br-]. The molecule has 1 aliphatic rings. The van der Waals surface area contributed by atoms with Gasteiger partial charge in [0.15, 0.2) is 6.54 Å². The van der Waals surface area contributed by atoms with Crippen LogP contribution in [0.5, 0.6) is 0 Å². The fourth-order valence-corrected chi connectivity index (χ4v) is 1.46. The molecule has 1 aliphatic heterocycles. The highest BCUT2D eigenvalue weighted by molar-refractivity contribution is 5.70. The zero-order valence-corrected chi connectivity index (χ0v) is 10.4. The van der Waals surface area contributed by atoms with Crippen molar-refractivity contribution in [3.63, 3.8) is 0 Å². The number of ether oxygens (including phenoxy) is 2. The van der Waals surface area contributed by atoms with Crippen molar-refractivity contribution < 1.29 is 35.7 Å². The molecule has 1 rings (SSSR count). The van der Waals surface area contributed by atoms with Gasteiger partial charge in [0, 0.05) is 0 Å². The van der Waals surface area contributed by atoms with Gasteiger partial charge in [-0.2, -0.15) is 0 Å². The first-order chi connectivity index (χ1) is 6.16. The Hall–Kier alpha value is -0.130. The van der Waals surface area contributed by atoms with Crippen LogP contribution in [0.3, 0.4) is 0 Å². The second-order valence-electron chi connectivity index (χ2n) is 3.64. The van der Waals surface area contributed by atoms with Crippen molar-refractivity contribution >= 4 is 5.97 Å². The monoisotopic (exact) mass is 267 g/mol. The van der Waals surface area contributed by atoms with Crippen LogP contribution in [-0.2, 0) is 14.3 Å². The normalized spacial score (nSPS) is 19.6. The number of likely N-dealkylation sites (N-methyl/N-ethyl adjacent to an activating group) is 1. The van der Waals surface area contributed by atoms with Crippen LogP contribution in [0.4, 0.5) is 0 Å². The molecule has 1 heterocycles. The van der Waals surface area contributed by atoms with Crippen molar-refractivity contribution in [2.75, 3.05) is 46.5 Å². The van der Waals surface area contributed by atoms with Crippen LogP contribution in [0.15, 0.2) is 0 Å². The third-order valence-corrected chi connectivity index (χ3v) is 2.37. The minimum atomic E-state index is -0.105. The summed E-state index contributed by atoms with van der Waals surface area (Å²) in [5.41, 5.74) is 0. The van der Waals surface area contributed by atoms with Gasteiger partial charge in [-0.1, -0.05) is 0 Å². The largest absolute Gasteiger partial charge is 1.00 e. The smallest absolute Gasteiger partial charge is 0.361 e. The lowest BCUT2D eigenvalue weighted by Gasteiger charge is -2.36. The zero-order chi connectivity index (χ0) is 9.73. The predicted octanol–water partition coefficient (Wildman–Crippen LogP) is -2.97. The summed E-state index contributed by atoms with van der Waals surface area (Å²) in [5, 5.41) is 0. The average molecular weight is 268 g/mol. The zero-order valence-electron chi connectivity index (χ0n) is 8.79. The van der Waals surface area contributed by atoms with Crippen LogP contribution in [0.2, 0.25) is 0 Å². The first-order valence-corrected chi connectivity index (χ1v) is 4.73. The molecule has 5 heteroatoms. The van der Waals surface area contributed by atoms with Gasteiger partial charge in [0.2, 0.25) is 0 Å². The van der Waals surface area contributed by atoms with Crippen molar-refractivity contribution in [1.82, 2.24) is 0 Å². The highest BCUT2D eigenvalue weighted by Crippen LogP contribution is 2.07. The van der Waals surface area contributed by atoms with E-state index in [-0.39, 0.29) is 23.0 Å². The van der Waals surface area contributed by atoms with Crippen molar-refractivity contribution in [2.24, 2.45) is 0 Å². The van der Waals surface area contributed by atoms with E-state index in [0.29, 0.717) is 13.2 Å². The molecular weight excluding hydrogens is 250 g/mol. The summed E-state index contributed by atoms with van der Waals surface area (Å²) in [5.74, 6) is -0.105. The molecule has 0 aromatic rings. The van der Waals surface area contributed by atoms with Crippen LogP contribution >= 0.6 is 0 Å². The molecular formula is C9H18BrNO3. The van der Waals surface area contributed by atoms with Gasteiger partial charge in [0.25, 0.3) is 0 Å². The molecule has 0 unspecified atom stereocenters. The summed E-state index contributed by atoms with van der Waals surface area (Å²) in [6.45, 7) is 6.06.